The Labute approximate surface area is 158 Å². The van der Waals surface area contributed by atoms with E-state index in [1.807, 2.05) is 26.0 Å². The van der Waals surface area contributed by atoms with Crippen molar-refractivity contribution in [2.75, 3.05) is 20.8 Å². The van der Waals surface area contributed by atoms with Crippen LogP contribution in [-0.4, -0.2) is 39.1 Å². The SMILES string of the molecule is COc1ccccc1OCC(=O)N/N=C/c1ccc(OC(C)C)c(OC)c1. The first-order valence-electron chi connectivity index (χ1n) is 8.46. The Hall–Kier alpha value is -3.22. The van der Waals surface area contributed by atoms with Gasteiger partial charge in [0.15, 0.2) is 29.6 Å². The van der Waals surface area contributed by atoms with Crippen LogP contribution in [0.1, 0.15) is 19.4 Å². The Balaban J connectivity index is 1.90. The van der Waals surface area contributed by atoms with E-state index in [9.17, 15) is 4.79 Å². The first kappa shape index (κ1) is 20.1. The molecule has 1 N–H and O–H groups in total. The van der Waals surface area contributed by atoms with Crippen LogP contribution in [0.25, 0.3) is 0 Å². The highest BCUT2D eigenvalue weighted by Crippen LogP contribution is 2.28. The minimum Gasteiger partial charge on any atom is -0.493 e. The van der Waals surface area contributed by atoms with E-state index in [2.05, 4.69) is 10.5 Å². The summed E-state index contributed by atoms with van der Waals surface area (Å²) in [6.45, 7) is 3.71. The normalized spacial score (nSPS) is 10.7. The van der Waals surface area contributed by atoms with Gasteiger partial charge in [0, 0.05) is 0 Å². The standard InChI is InChI=1S/C20H24N2O5/c1-14(2)27-18-10-9-15(11-19(18)25-4)12-21-22-20(23)13-26-17-8-6-5-7-16(17)24-3/h5-12,14H,13H2,1-4H3,(H,22,23)/b21-12+. The molecule has 0 unspecified atom stereocenters. The van der Waals surface area contributed by atoms with Crippen molar-refractivity contribution in [1.29, 1.82) is 0 Å². The van der Waals surface area contributed by atoms with E-state index in [0.717, 1.165) is 5.56 Å². The molecule has 7 heteroatoms. The number of carbonyl (C=O) groups excluding carboxylic acids is 1. The summed E-state index contributed by atoms with van der Waals surface area (Å²) in [6, 6.07) is 12.5. The van der Waals surface area contributed by atoms with Crippen LogP contribution in [-0.2, 0) is 4.79 Å². The summed E-state index contributed by atoms with van der Waals surface area (Å²) >= 11 is 0. The van der Waals surface area contributed by atoms with Gasteiger partial charge in [0.2, 0.25) is 0 Å². The van der Waals surface area contributed by atoms with E-state index in [-0.39, 0.29) is 18.6 Å². The third-order valence-corrected chi connectivity index (χ3v) is 3.38. The number of hydrazone groups is 1. The van der Waals surface area contributed by atoms with Crippen LogP contribution >= 0.6 is 0 Å². The fourth-order valence-electron chi connectivity index (χ4n) is 2.21. The van der Waals surface area contributed by atoms with Gasteiger partial charge in [0.25, 0.3) is 5.91 Å². The zero-order chi connectivity index (χ0) is 19.6. The van der Waals surface area contributed by atoms with Crippen LogP contribution in [0, 0.1) is 0 Å². The summed E-state index contributed by atoms with van der Waals surface area (Å²) in [4.78, 5) is 11.9. The highest BCUT2D eigenvalue weighted by molar-refractivity contribution is 5.83. The van der Waals surface area contributed by atoms with Gasteiger partial charge in [-0.05, 0) is 49.7 Å². The number of rotatable bonds is 9. The van der Waals surface area contributed by atoms with Crippen LogP contribution in [0.5, 0.6) is 23.0 Å². The Bertz CT molecular complexity index is 790. The summed E-state index contributed by atoms with van der Waals surface area (Å²) < 4.78 is 21.6. The molecule has 0 aliphatic rings. The predicted octanol–water partition coefficient (Wildman–Crippen LogP) is 3.02. The monoisotopic (exact) mass is 372 g/mol. The number of carbonyl (C=O) groups is 1. The number of para-hydroxylation sites is 2. The van der Waals surface area contributed by atoms with Crippen molar-refractivity contribution in [3.05, 3.63) is 48.0 Å². The van der Waals surface area contributed by atoms with Crippen molar-refractivity contribution in [3.63, 3.8) is 0 Å². The molecule has 144 valence electrons. The van der Waals surface area contributed by atoms with Gasteiger partial charge in [0.05, 0.1) is 26.5 Å². The summed E-state index contributed by atoms with van der Waals surface area (Å²) in [5.74, 6) is 1.91. The van der Waals surface area contributed by atoms with Gasteiger partial charge in [-0.2, -0.15) is 5.10 Å². The van der Waals surface area contributed by atoms with Crippen LogP contribution in [0.15, 0.2) is 47.6 Å². The maximum absolute atomic E-state index is 11.9. The Kier molecular flexibility index (Phi) is 7.49. The van der Waals surface area contributed by atoms with Crippen molar-refractivity contribution >= 4 is 12.1 Å². The van der Waals surface area contributed by atoms with Gasteiger partial charge < -0.3 is 18.9 Å². The number of hydrogen-bond donors (Lipinski definition) is 1. The third kappa shape index (κ3) is 6.22. The molecule has 7 nitrogen and oxygen atoms in total. The van der Waals surface area contributed by atoms with Crippen LogP contribution < -0.4 is 24.4 Å². The van der Waals surface area contributed by atoms with Crippen molar-refractivity contribution < 1.29 is 23.7 Å². The molecule has 27 heavy (non-hydrogen) atoms. The molecule has 2 aromatic rings. The maximum atomic E-state index is 11.9. The van der Waals surface area contributed by atoms with Crippen LogP contribution in [0.4, 0.5) is 0 Å². The highest BCUT2D eigenvalue weighted by atomic mass is 16.5. The van der Waals surface area contributed by atoms with Gasteiger partial charge in [-0.15, -0.1) is 0 Å². The molecular formula is C20H24N2O5. The molecule has 2 aromatic carbocycles. The van der Waals surface area contributed by atoms with Crippen molar-refractivity contribution in [1.82, 2.24) is 5.43 Å². The van der Waals surface area contributed by atoms with Gasteiger partial charge in [-0.1, -0.05) is 12.1 Å². The molecule has 2 rings (SSSR count). The number of ether oxygens (including phenoxy) is 4. The van der Waals surface area contributed by atoms with Crippen molar-refractivity contribution in [2.45, 2.75) is 20.0 Å². The first-order valence-corrected chi connectivity index (χ1v) is 8.46. The minimum absolute atomic E-state index is 0.0425. The molecule has 0 atom stereocenters. The van der Waals surface area contributed by atoms with E-state index < -0.39 is 0 Å². The number of hydrogen-bond acceptors (Lipinski definition) is 6. The molecule has 0 aliphatic carbocycles. The van der Waals surface area contributed by atoms with Crippen molar-refractivity contribution in [2.24, 2.45) is 5.10 Å². The molecule has 0 bridgehead atoms. The van der Waals surface area contributed by atoms with E-state index in [1.165, 1.54) is 13.3 Å². The van der Waals surface area contributed by atoms with Crippen LogP contribution in [0.2, 0.25) is 0 Å². The molecule has 0 radical (unpaired) electrons. The Morgan fingerprint density at radius 1 is 1.04 bits per heavy atom. The molecule has 0 spiro atoms. The number of benzene rings is 2. The highest BCUT2D eigenvalue weighted by Gasteiger charge is 2.08. The first-order chi connectivity index (χ1) is 13.0. The van der Waals surface area contributed by atoms with Gasteiger partial charge in [0.1, 0.15) is 0 Å². The molecular weight excluding hydrogens is 348 g/mol. The molecule has 1 amide bonds. The van der Waals surface area contributed by atoms with Crippen LogP contribution in [0.3, 0.4) is 0 Å². The lowest BCUT2D eigenvalue weighted by Gasteiger charge is -2.13. The number of methoxy groups -OCH3 is 2. The number of amides is 1. The fraction of sp³-hybridized carbons (Fsp3) is 0.300. The van der Waals surface area contributed by atoms with Gasteiger partial charge in [-0.25, -0.2) is 5.43 Å². The average molecular weight is 372 g/mol. The third-order valence-electron chi connectivity index (χ3n) is 3.38. The van der Waals surface area contributed by atoms with E-state index >= 15 is 0 Å². The second kappa shape index (κ2) is 10.1. The quantitative estimate of drug-likeness (QED) is 0.541. The van der Waals surface area contributed by atoms with Crippen molar-refractivity contribution in [3.8, 4) is 23.0 Å². The predicted molar refractivity (Wildman–Crippen MR) is 103 cm³/mol. The lowest BCUT2D eigenvalue weighted by Crippen LogP contribution is -2.24. The fourth-order valence-corrected chi connectivity index (χ4v) is 2.21. The largest absolute Gasteiger partial charge is 0.493 e. The molecule has 0 saturated carbocycles. The Morgan fingerprint density at radius 2 is 1.74 bits per heavy atom. The molecule has 0 saturated heterocycles. The zero-order valence-corrected chi connectivity index (χ0v) is 15.9. The van der Waals surface area contributed by atoms with E-state index in [0.29, 0.717) is 23.0 Å². The zero-order valence-electron chi connectivity index (χ0n) is 15.9. The molecule has 0 heterocycles. The molecule has 0 fully saturated rings. The average Bonchev–Trinajstić information content (AvgIpc) is 2.67. The topological polar surface area (TPSA) is 78.4 Å². The van der Waals surface area contributed by atoms with Gasteiger partial charge in [-0.3, -0.25) is 4.79 Å². The van der Waals surface area contributed by atoms with E-state index in [1.54, 1.807) is 37.4 Å². The number of nitrogens with one attached hydrogen (secondary N) is 1. The molecule has 0 aromatic heterocycles. The molecule has 0 aliphatic heterocycles. The second-order valence-electron chi connectivity index (χ2n) is 5.81. The van der Waals surface area contributed by atoms with E-state index in [4.69, 9.17) is 18.9 Å². The lowest BCUT2D eigenvalue weighted by molar-refractivity contribution is -0.123. The summed E-state index contributed by atoms with van der Waals surface area (Å²) in [5.41, 5.74) is 3.17. The summed E-state index contributed by atoms with van der Waals surface area (Å²) in [7, 11) is 3.11. The Morgan fingerprint density at radius 3 is 2.41 bits per heavy atom. The van der Waals surface area contributed by atoms with Gasteiger partial charge >= 0.3 is 0 Å². The maximum Gasteiger partial charge on any atom is 0.277 e. The number of nitrogens with zero attached hydrogens (tertiary/aromatic N) is 1. The smallest absolute Gasteiger partial charge is 0.277 e. The lowest BCUT2D eigenvalue weighted by atomic mass is 10.2. The minimum atomic E-state index is -0.385. The second-order valence-corrected chi connectivity index (χ2v) is 5.81. The summed E-state index contributed by atoms with van der Waals surface area (Å²) in [5, 5.41) is 3.93. The summed E-state index contributed by atoms with van der Waals surface area (Å²) in [6.07, 6.45) is 1.56.